The lowest BCUT2D eigenvalue weighted by Gasteiger charge is -1.91. The molecule has 0 aliphatic carbocycles. The van der Waals surface area contributed by atoms with Crippen LogP contribution in [0.1, 0.15) is 5.56 Å². The first-order chi connectivity index (χ1) is 5.40. The van der Waals surface area contributed by atoms with Gasteiger partial charge in [0, 0.05) is 6.42 Å². The maximum atomic E-state index is 8.56. The number of hydrogen-bond donors (Lipinski definition) is 0. The molecule has 0 unspecified atom stereocenters. The van der Waals surface area contributed by atoms with Gasteiger partial charge >= 0.3 is 0 Å². The molecule has 52 valence electrons. The summed E-state index contributed by atoms with van der Waals surface area (Å²) in [6, 6.07) is 9.89. The summed E-state index contributed by atoms with van der Waals surface area (Å²) in [5.74, 6) is 0. The molecule has 1 heterocycles. The maximum Gasteiger partial charge on any atom is 0.122 e. The van der Waals surface area contributed by atoms with Gasteiger partial charge in [-0.1, -0.05) is 18.2 Å². The summed E-state index contributed by atoms with van der Waals surface area (Å²) in [7, 11) is 0. The molecule has 0 aromatic heterocycles. The average molecular weight is 142 g/mol. The van der Waals surface area contributed by atoms with Crippen LogP contribution in [0.25, 0.3) is 0 Å². The Balaban J connectivity index is 2.49. The van der Waals surface area contributed by atoms with Crippen LogP contribution in [0.3, 0.4) is 0 Å². The second kappa shape index (κ2) is 2.21. The van der Waals surface area contributed by atoms with Crippen molar-refractivity contribution in [1.82, 2.24) is 0 Å². The highest BCUT2D eigenvalue weighted by Crippen LogP contribution is 2.25. The summed E-state index contributed by atoms with van der Waals surface area (Å²) in [4.78, 5) is 4.13. The Bertz CT molecular complexity index is 358. The lowest BCUT2D eigenvalue weighted by atomic mass is 10.1. The van der Waals surface area contributed by atoms with Crippen LogP contribution >= 0.6 is 0 Å². The normalized spacial score (nSPS) is 13.5. The Morgan fingerprint density at radius 3 is 2.91 bits per heavy atom. The fourth-order valence-corrected chi connectivity index (χ4v) is 1.20. The number of benzene rings is 1. The summed E-state index contributed by atoms with van der Waals surface area (Å²) < 4.78 is 0. The minimum absolute atomic E-state index is 0.617. The molecule has 0 fully saturated rings. The summed E-state index contributed by atoms with van der Waals surface area (Å²) in [6.07, 6.45) is 0.701. The fraction of sp³-hybridized carbons (Fsp3) is 0.111. The molecule has 0 N–H and O–H groups in total. The standard InChI is InChI=1S/C9H6N2/c10-6-8-5-7-3-1-2-4-9(7)11-8/h1-4H,5H2. The largest absolute Gasteiger partial charge is 0.242 e. The van der Waals surface area contributed by atoms with E-state index in [1.54, 1.807) is 0 Å². The molecule has 2 rings (SSSR count). The van der Waals surface area contributed by atoms with Crippen molar-refractivity contribution in [2.45, 2.75) is 6.42 Å². The highest BCUT2D eigenvalue weighted by molar-refractivity contribution is 6.04. The zero-order valence-electron chi connectivity index (χ0n) is 5.91. The first kappa shape index (κ1) is 6.11. The third-order valence-electron chi connectivity index (χ3n) is 1.73. The number of aliphatic imine (C=N–C) groups is 1. The van der Waals surface area contributed by atoms with Crippen LogP contribution in [0.15, 0.2) is 29.3 Å². The average Bonchev–Trinajstić information content (AvgIpc) is 2.46. The Hall–Kier alpha value is -1.62. The number of nitrogens with zero attached hydrogens (tertiary/aromatic N) is 2. The zero-order valence-corrected chi connectivity index (χ0v) is 5.91. The van der Waals surface area contributed by atoms with Gasteiger partial charge in [0.05, 0.1) is 5.69 Å². The smallest absolute Gasteiger partial charge is 0.122 e. The topological polar surface area (TPSA) is 36.1 Å². The Labute approximate surface area is 64.8 Å². The van der Waals surface area contributed by atoms with Gasteiger partial charge in [-0.3, -0.25) is 0 Å². The SMILES string of the molecule is N#CC1=Nc2ccccc2C1. The van der Waals surface area contributed by atoms with Crippen LogP contribution in [0.2, 0.25) is 0 Å². The van der Waals surface area contributed by atoms with Gasteiger partial charge in [0.25, 0.3) is 0 Å². The van der Waals surface area contributed by atoms with Crippen molar-refractivity contribution < 1.29 is 0 Å². The fourth-order valence-electron chi connectivity index (χ4n) is 1.20. The molecule has 2 heteroatoms. The number of hydrogen-bond acceptors (Lipinski definition) is 2. The van der Waals surface area contributed by atoms with Gasteiger partial charge in [-0.05, 0) is 11.6 Å². The first-order valence-corrected chi connectivity index (χ1v) is 3.46. The van der Waals surface area contributed by atoms with Gasteiger partial charge < -0.3 is 0 Å². The second-order valence-electron chi connectivity index (χ2n) is 2.48. The van der Waals surface area contributed by atoms with Gasteiger partial charge in [-0.25, -0.2) is 4.99 Å². The molecule has 0 radical (unpaired) electrons. The summed E-state index contributed by atoms with van der Waals surface area (Å²) in [5, 5.41) is 8.56. The van der Waals surface area contributed by atoms with Gasteiger partial charge in [0.2, 0.25) is 0 Å². The molecule has 0 bridgehead atoms. The Kier molecular flexibility index (Phi) is 1.23. The third-order valence-corrected chi connectivity index (χ3v) is 1.73. The van der Waals surface area contributed by atoms with Crippen LogP contribution < -0.4 is 0 Å². The molecule has 11 heavy (non-hydrogen) atoms. The van der Waals surface area contributed by atoms with Gasteiger partial charge in [0.15, 0.2) is 0 Å². The molecule has 0 saturated carbocycles. The van der Waals surface area contributed by atoms with Crippen molar-refractivity contribution in [2.24, 2.45) is 4.99 Å². The van der Waals surface area contributed by atoms with Crippen molar-refractivity contribution >= 4 is 11.4 Å². The highest BCUT2D eigenvalue weighted by Gasteiger charge is 2.11. The number of para-hydroxylation sites is 1. The molecule has 0 saturated heterocycles. The summed E-state index contributed by atoms with van der Waals surface area (Å²) >= 11 is 0. The van der Waals surface area contributed by atoms with Crippen LogP contribution in [-0.2, 0) is 6.42 Å². The highest BCUT2D eigenvalue weighted by atomic mass is 14.8. The predicted molar refractivity (Wildman–Crippen MR) is 42.9 cm³/mol. The summed E-state index contributed by atoms with van der Waals surface area (Å²) in [6.45, 7) is 0. The molecule has 1 aliphatic heterocycles. The molecular weight excluding hydrogens is 136 g/mol. The molecule has 0 atom stereocenters. The van der Waals surface area contributed by atoms with Crippen LogP contribution in [0, 0.1) is 11.3 Å². The van der Waals surface area contributed by atoms with Gasteiger partial charge in [0.1, 0.15) is 11.8 Å². The van der Waals surface area contributed by atoms with Crippen molar-refractivity contribution in [3.05, 3.63) is 29.8 Å². The van der Waals surface area contributed by atoms with Crippen LogP contribution in [-0.4, -0.2) is 5.71 Å². The summed E-state index contributed by atoms with van der Waals surface area (Å²) in [5.41, 5.74) is 2.72. The molecule has 1 aromatic carbocycles. The van der Waals surface area contributed by atoms with E-state index in [0.717, 1.165) is 11.3 Å². The molecule has 1 aromatic rings. The van der Waals surface area contributed by atoms with Crippen molar-refractivity contribution in [3.8, 4) is 6.07 Å². The van der Waals surface area contributed by atoms with Crippen molar-refractivity contribution in [2.75, 3.05) is 0 Å². The quantitative estimate of drug-likeness (QED) is 0.544. The van der Waals surface area contributed by atoms with E-state index in [1.165, 1.54) is 0 Å². The molecule has 2 nitrogen and oxygen atoms in total. The van der Waals surface area contributed by atoms with Crippen molar-refractivity contribution in [1.29, 1.82) is 5.26 Å². The van der Waals surface area contributed by atoms with E-state index in [0.29, 0.717) is 12.1 Å². The predicted octanol–water partition coefficient (Wildman–Crippen LogP) is 1.84. The monoisotopic (exact) mass is 142 g/mol. The molecule has 0 spiro atoms. The maximum absolute atomic E-state index is 8.56. The van der Waals surface area contributed by atoms with E-state index in [2.05, 4.69) is 11.1 Å². The number of rotatable bonds is 0. The first-order valence-electron chi connectivity index (χ1n) is 3.46. The van der Waals surface area contributed by atoms with Gasteiger partial charge in [-0.15, -0.1) is 0 Å². The van der Waals surface area contributed by atoms with E-state index in [9.17, 15) is 0 Å². The second-order valence-corrected chi connectivity index (χ2v) is 2.48. The Morgan fingerprint density at radius 2 is 2.18 bits per heavy atom. The minimum atomic E-state index is 0.617. The van der Waals surface area contributed by atoms with Crippen LogP contribution in [0.5, 0.6) is 0 Å². The zero-order chi connectivity index (χ0) is 7.68. The lowest BCUT2D eigenvalue weighted by Crippen LogP contribution is -1.90. The molecule has 1 aliphatic rings. The minimum Gasteiger partial charge on any atom is -0.242 e. The van der Waals surface area contributed by atoms with Crippen molar-refractivity contribution in [3.63, 3.8) is 0 Å². The third kappa shape index (κ3) is 0.908. The van der Waals surface area contributed by atoms with E-state index in [4.69, 9.17) is 5.26 Å². The van der Waals surface area contributed by atoms with E-state index < -0.39 is 0 Å². The van der Waals surface area contributed by atoms with E-state index in [1.807, 2.05) is 24.3 Å². The Morgan fingerprint density at radius 1 is 1.36 bits per heavy atom. The number of fused-ring (bicyclic) bond motifs is 1. The lowest BCUT2D eigenvalue weighted by molar-refractivity contribution is 1.40. The molecule has 0 amide bonds. The van der Waals surface area contributed by atoms with E-state index in [-0.39, 0.29) is 0 Å². The van der Waals surface area contributed by atoms with Crippen LogP contribution in [0.4, 0.5) is 5.69 Å². The number of nitriles is 1. The van der Waals surface area contributed by atoms with E-state index >= 15 is 0 Å². The van der Waals surface area contributed by atoms with Gasteiger partial charge in [-0.2, -0.15) is 5.26 Å². The molecular formula is C9H6N2.